The van der Waals surface area contributed by atoms with E-state index in [1.807, 2.05) is 0 Å². The molecule has 0 fully saturated rings. The van der Waals surface area contributed by atoms with Crippen LogP contribution in [0.1, 0.15) is 18.5 Å². The smallest absolute Gasteiger partial charge is 0.224 e. The second-order valence-electron chi connectivity index (χ2n) is 4.59. The van der Waals surface area contributed by atoms with Gasteiger partial charge in [-0.2, -0.15) is 5.26 Å². The zero-order valence-corrected chi connectivity index (χ0v) is 11.3. The topological polar surface area (TPSA) is 83.8 Å². The number of aromatic nitrogens is 1. The molecule has 0 atom stereocenters. The number of nitrogen functional groups attached to an aromatic ring is 1. The molecule has 0 aliphatic heterocycles. The van der Waals surface area contributed by atoms with Gasteiger partial charge in [-0.3, -0.25) is 4.79 Å². The van der Waals surface area contributed by atoms with E-state index in [2.05, 4.69) is 11.4 Å². The number of hydrogen-bond donors (Lipinski definition) is 2. The molecule has 1 amide bonds. The summed E-state index contributed by atoms with van der Waals surface area (Å²) in [7, 11) is 0. The summed E-state index contributed by atoms with van der Waals surface area (Å²) in [4.78, 5) is 11.8. The summed E-state index contributed by atoms with van der Waals surface area (Å²) in [6, 6.07) is 9.58. The normalized spacial score (nSPS) is 10.1. The van der Waals surface area contributed by atoms with E-state index in [1.165, 1.54) is 18.2 Å². The summed E-state index contributed by atoms with van der Waals surface area (Å²) in [5.41, 5.74) is 6.57. The summed E-state index contributed by atoms with van der Waals surface area (Å²) in [5.74, 6) is -0.806. The van der Waals surface area contributed by atoms with Crippen molar-refractivity contribution < 1.29 is 9.18 Å². The van der Waals surface area contributed by atoms with Crippen molar-refractivity contribution >= 4 is 17.3 Å². The van der Waals surface area contributed by atoms with Crippen LogP contribution in [0.2, 0.25) is 0 Å². The Bertz CT molecular complexity index is 687. The monoisotopic (exact) mass is 286 g/mol. The zero-order valence-electron chi connectivity index (χ0n) is 11.3. The van der Waals surface area contributed by atoms with Gasteiger partial charge in [-0.15, -0.1) is 0 Å². The highest BCUT2D eigenvalue weighted by atomic mass is 19.1. The number of halogens is 1. The fourth-order valence-corrected chi connectivity index (χ4v) is 1.97. The number of nitrogens with one attached hydrogen (secondary N) is 1. The first-order chi connectivity index (χ1) is 10.1. The third-order valence-corrected chi connectivity index (χ3v) is 3.01. The Labute approximate surface area is 121 Å². The van der Waals surface area contributed by atoms with Crippen LogP contribution in [0.25, 0.3) is 0 Å². The van der Waals surface area contributed by atoms with E-state index in [-0.39, 0.29) is 18.0 Å². The molecule has 0 aliphatic carbocycles. The standard InChI is InChI=1S/C15H15FN4O/c16-13-6-5-11(18)9-14(13)19-15(21)4-2-8-20-7-1-3-12(20)10-17/h1,3,5-7,9H,2,4,8,18H2,(H,19,21). The fraction of sp³-hybridized carbons (Fsp3) is 0.200. The van der Waals surface area contributed by atoms with Crippen molar-refractivity contribution in [3.8, 4) is 6.07 Å². The molecular weight excluding hydrogens is 271 g/mol. The zero-order chi connectivity index (χ0) is 15.2. The van der Waals surface area contributed by atoms with Crippen molar-refractivity contribution in [1.82, 2.24) is 4.57 Å². The van der Waals surface area contributed by atoms with Crippen molar-refractivity contribution in [3.63, 3.8) is 0 Å². The van der Waals surface area contributed by atoms with E-state index in [4.69, 9.17) is 11.0 Å². The first-order valence-electron chi connectivity index (χ1n) is 6.50. The Balaban J connectivity index is 1.85. The maximum Gasteiger partial charge on any atom is 0.224 e. The Kier molecular flexibility index (Phi) is 4.57. The Morgan fingerprint density at radius 3 is 3.00 bits per heavy atom. The first kappa shape index (κ1) is 14.6. The van der Waals surface area contributed by atoms with Crippen LogP contribution in [0.15, 0.2) is 36.5 Å². The second kappa shape index (κ2) is 6.57. The van der Waals surface area contributed by atoms with E-state index in [0.29, 0.717) is 24.3 Å². The molecule has 0 aliphatic rings. The Morgan fingerprint density at radius 2 is 2.24 bits per heavy atom. The van der Waals surface area contributed by atoms with Gasteiger partial charge in [0, 0.05) is 24.8 Å². The van der Waals surface area contributed by atoms with Crippen LogP contribution in [-0.4, -0.2) is 10.5 Å². The molecule has 3 N–H and O–H groups in total. The molecule has 0 saturated heterocycles. The van der Waals surface area contributed by atoms with Crippen LogP contribution in [0.4, 0.5) is 15.8 Å². The van der Waals surface area contributed by atoms with E-state index in [0.717, 1.165) is 0 Å². The molecule has 1 heterocycles. The average molecular weight is 286 g/mol. The average Bonchev–Trinajstić information content (AvgIpc) is 2.90. The molecule has 2 rings (SSSR count). The van der Waals surface area contributed by atoms with Gasteiger partial charge in [0.2, 0.25) is 5.91 Å². The maximum absolute atomic E-state index is 13.5. The van der Waals surface area contributed by atoms with Crippen molar-refractivity contribution in [2.45, 2.75) is 19.4 Å². The molecular formula is C15H15FN4O. The SMILES string of the molecule is N#Cc1cccn1CCCC(=O)Nc1cc(N)ccc1F. The van der Waals surface area contributed by atoms with Gasteiger partial charge in [0.25, 0.3) is 0 Å². The quantitative estimate of drug-likeness (QED) is 0.828. The summed E-state index contributed by atoms with van der Waals surface area (Å²) in [6.07, 6.45) is 2.57. The number of aryl methyl sites for hydroxylation is 1. The molecule has 1 aromatic heterocycles. The lowest BCUT2D eigenvalue weighted by Gasteiger charge is -2.08. The van der Waals surface area contributed by atoms with Crippen molar-refractivity contribution in [3.05, 3.63) is 48.0 Å². The van der Waals surface area contributed by atoms with E-state index < -0.39 is 5.82 Å². The molecule has 108 valence electrons. The highest BCUT2D eigenvalue weighted by Gasteiger charge is 2.08. The molecule has 0 radical (unpaired) electrons. The largest absolute Gasteiger partial charge is 0.399 e. The molecule has 0 spiro atoms. The minimum Gasteiger partial charge on any atom is -0.399 e. The van der Waals surface area contributed by atoms with E-state index in [1.54, 1.807) is 22.9 Å². The van der Waals surface area contributed by atoms with Crippen LogP contribution in [-0.2, 0) is 11.3 Å². The summed E-state index contributed by atoms with van der Waals surface area (Å²) >= 11 is 0. The van der Waals surface area contributed by atoms with Gasteiger partial charge >= 0.3 is 0 Å². The molecule has 1 aromatic carbocycles. The lowest BCUT2D eigenvalue weighted by atomic mass is 10.2. The van der Waals surface area contributed by atoms with Crippen molar-refractivity contribution in [2.24, 2.45) is 0 Å². The van der Waals surface area contributed by atoms with Crippen LogP contribution >= 0.6 is 0 Å². The summed E-state index contributed by atoms with van der Waals surface area (Å²) in [5, 5.41) is 11.4. The number of nitrogens with zero attached hydrogens (tertiary/aromatic N) is 2. The first-order valence-corrected chi connectivity index (χ1v) is 6.50. The molecule has 2 aromatic rings. The Hall–Kier alpha value is -2.81. The third kappa shape index (κ3) is 3.83. The van der Waals surface area contributed by atoms with Crippen LogP contribution in [0, 0.1) is 17.1 Å². The van der Waals surface area contributed by atoms with Gasteiger partial charge in [-0.05, 0) is 36.8 Å². The van der Waals surface area contributed by atoms with Crippen molar-refractivity contribution in [1.29, 1.82) is 5.26 Å². The number of benzene rings is 1. The Morgan fingerprint density at radius 1 is 1.43 bits per heavy atom. The van der Waals surface area contributed by atoms with Crippen molar-refractivity contribution in [2.75, 3.05) is 11.1 Å². The number of hydrogen-bond acceptors (Lipinski definition) is 3. The molecule has 6 heteroatoms. The van der Waals surface area contributed by atoms with Gasteiger partial charge in [0.1, 0.15) is 17.6 Å². The van der Waals surface area contributed by atoms with E-state index in [9.17, 15) is 9.18 Å². The minimum absolute atomic E-state index is 0.0821. The van der Waals surface area contributed by atoms with Gasteiger partial charge in [-0.25, -0.2) is 4.39 Å². The molecule has 0 saturated carbocycles. The molecule has 5 nitrogen and oxygen atoms in total. The van der Waals surface area contributed by atoms with Gasteiger partial charge < -0.3 is 15.6 Å². The molecule has 0 unspecified atom stereocenters. The third-order valence-electron chi connectivity index (χ3n) is 3.01. The lowest BCUT2D eigenvalue weighted by Crippen LogP contribution is -2.13. The number of nitriles is 1. The van der Waals surface area contributed by atoms with Gasteiger partial charge in [-0.1, -0.05) is 0 Å². The second-order valence-corrected chi connectivity index (χ2v) is 4.59. The van der Waals surface area contributed by atoms with Crippen LogP contribution in [0.3, 0.4) is 0 Å². The van der Waals surface area contributed by atoms with Gasteiger partial charge in [0.15, 0.2) is 0 Å². The van der Waals surface area contributed by atoms with Gasteiger partial charge in [0.05, 0.1) is 5.69 Å². The number of anilines is 2. The van der Waals surface area contributed by atoms with Crippen LogP contribution < -0.4 is 11.1 Å². The molecule has 0 bridgehead atoms. The summed E-state index contributed by atoms with van der Waals surface area (Å²) < 4.78 is 15.2. The number of rotatable bonds is 5. The number of amides is 1. The fourth-order valence-electron chi connectivity index (χ4n) is 1.97. The minimum atomic E-state index is -0.519. The number of nitrogens with two attached hydrogens (primary N) is 1. The van der Waals surface area contributed by atoms with E-state index >= 15 is 0 Å². The molecule has 21 heavy (non-hydrogen) atoms. The lowest BCUT2D eigenvalue weighted by molar-refractivity contribution is -0.116. The highest BCUT2D eigenvalue weighted by Crippen LogP contribution is 2.17. The number of carbonyl (C=O) groups is 1. The predicted molar refractivity (Wildman–Crippen MR) is 77.8 cm³/mol. The predicted octanol–water partition coefficient (Wildman–Crippen LogP) is 2.50. The highest BCUT2D eigenvalue weighted by molar-refractivity contribution is 5.91. The maximum atomic E-state index is 13.5. The van der Waals surface area contributed by atoms with Crippen LogP contribution in [0.5, 0.6) is 0 Å². The summed E-state index contributed by atoms with van der Waals surface area (Å²) in [6.45, 7) is 0.558. The number of carbonyl (C=O) groups excluding carboxylic acids is 1.